The van der Waals surface area contributed by atoms with Crippen molar-refractivity contribution in [1.29, 1.82) is 0 Å². The van der Waals surface area contributed by atoms with Crippen LogP contribution in [0, 0.1) is 12.8 Å². The van der Waals surface area contributed by atoms with Crippen molar-refractivity contribution in [3.63, 3.8) is 0 Å². The van der Waals surface area contributed by atoms with E-state index in [0.717, 1.165) is 36.3 Å². The minimum atomic E-state index is -0.368. The number of benzene rings is 1. The van der Waals surface area contributed by atoms with Crippen molar-refractivity contribution in [2.24, 2.45) is 5.92 Å². The van der Waals surface area contributed by atoms with Crippen molar-refractivity contribution in [2.75, 3.05) is 7.11 Å². The Kier molecular flexibility index (Phi) is 4.12. The maximum atomic E-state index is 10.0. The van der Waals surface area contributed by atoms with Gasteiger partial charge in [-0.1, -0.05) is 13.0 Å². The van der Waals surface area contributed by atoms with Gasteiger partial charge in [-0.25, -0.2) is 0 Å². The molecule has 1 fully saturated rings. The largest absolute Gasteiger partial charge is 0.493 e. The number of aliphatic hydroxyl groups is 1. The van der Waals surface area contributed by atoms with Gasteiger partial charge in [0.15, 0.2) is 11.5 Å². The minimum Gasteiger partial charge on any atom is -0.493 e. The smallest absolute Gasteiger partial charge is 0.161 e. The highest BCUT2D eigenvalue weighted by Crippen LogP contribution is 2.33. The summed E-state index contributed by atoms with van der Waals surface area (Å²) in [5, 5.41) is 10.0. The molecule has 1 saturated carbocycles. The van der Waals surface area contributed by atoms with Crippen molar-refractivity contribution in [3.8, 4) is 11.5 Å². The molecule has 3 nitrogen and oxygen atoms in total. The van der Waals surface area contributed by atoms with Gasteiger partial charge in [-0.2, -0.15) is 0 Å². The molecule has 0 radical (unpaired) electrons. The number of ether oxygens (including phenoxy) is 2. The lowest BCUT2D eigenvalue weighted by molar-refractivity contribution is -0.00865. The molecule has 3 heteroatoms. The molecule has 0 saturated heterocycles. The average Bonchev–Trinajstić information content (AvgIpc) is 2.36. The summed E-state index contributed by atoms with van der Waals surface area (Å²) in [5.74, 6) is 2.07. The van der Waals surface area contributed by atoms with Crippen LogP contribution in [-0.2, 0) is 0 Å². The molecule has 100 valence electrons. The van der Waals surface area contributed by atoms with Gasteiger partial charge in [-0.3, -0.25) is 0 Å². The second kappa shape index (κ2) is 5.61. The summed E-state index contributed by atoms with van der Waals surface area (Å²) in [6.45, 7) is 4.22. The maximum Gasteiger partial charge on any atom is 0.161 e. The van der Waals surface area contributed by atoms with E-state index in [9.17, 15) is 5.11 Å². The summed E-state index contributed by atoms with van der Waals surface area (Å²) in [4.78, 5) is 0. The van der Waals surface area contributed by atoms with E-state index >= 15 is 0 Å². The zero-order valence-corrected chi connectivity index (χ0v) is 11.3. The average molecular weight is 250 g/mol. The molecular weight excluding hydrogens is 228 g/mol. The number of aliphatic hydroxyl groups excluding tert-OH is 1. The minimum absolute atomic E-state index is 0.120. The van der Waals surface area contributed by atoms with Gasteiger partial charge >= 0.3 is 0 Å². The van der Waals surface area contributed by atoms with Crippen LogP contribution < -0.4 is 9.47 Å². The van der Waals surface area contributed by atoms with Gasteiger partial charge in [0.2, 0.25) is 0 Å². The Bertz CT molecular complexity index is 403. The summed E-state index contributed by atoms with van der Waals surface area (Å²) in [6, 6.07) is 5.87. The van der Waals surface area contributed by atoms with Crippen LogP contribution in [0.4, 0.5) is 0 Å². The van der Waals surface area contributed by atoms with Crippen LogP contribution in [-0.4, -0.2) is 24.4 Å². The number of hydrogen-bond donors (Lipinski definition) is 1. The van der Waals surface area contributed by atoms with Crippen LogP contribution in [0.15, 0.2) is 18.2 Å². The van der Waals surface area contributed by atoms with Gasteiger partial charge in [0.05, 0.1) is 13.2 Å². The van der Waals surface area contributed by atoms with Crippen LogP contribution in [0.3, 0.4) is 0 Å². The molecule has 3 atom stereocenters. The first-order chi connectivity index (χ1) is 8.60. The quantitative estimate of drug-likeness (QED) is 0.896. The monoisotopic (exact) mass is 250 g/mol. The first-order valence-electron chi connectivity index (χ1n) is 6.59. The van der Waals surface area contributed by atoms with E-state index in [0.29, 0.717) is 5.92 Å². The van der Waals surface area contributed by atoms with Gasteiger partial charge < -0.3 is 14.6 Å². The van der Waals surface area contributed by atoms with Gasteiger partial charge in [0.1, 0.15) is 6.10 Å². The second-order valence-corrected chi connectivity index (χ2v) is 5.30. The predicted octanol–water partition coefficient (Wildman–Crippen LogP) is 2.93. The first-order valence-corrected chi connectivity index (χ1v) is 6.59. The fourth-order valence-electron chi connectivity index (χ4n) is 2.47. The van der Waals surface area contributed by atoms with Crippen LogP contribution >= 0.6 is 0 Å². The van der Waals surface area contributed by atoms with E-state index in [2.05, 4.69) is 6.92 Å². The SMILES string of the molecule is COc1cc(C)ccc1OC1CC(C)CCC1O. The normalized spacial score (nSPS) is 27.9. The second-order valence-electron chi connectivity index (χ2n) is 5.30. The number of hydrogen-bond acceptors (Lipinski definition) is 3. The molecule has 3 unspecified atom stereocenters. The van der Waals surface area contributed by atoms with Gasteiger partial charge in [0, 0.05) is 0 Å². The fourth-order valence-corrected chi connectivity index (χ4v) is 2.47. The molecule has 0 aliphatic heterocycles. The van der Waals surface area contributed by atoms with Gasteiger partial charge in [0.25, 0.3) is 0 Å². The molecule has 2 rings (SSSR count). The summed E-state index contributed by atoms with van der Waals surface area (Å²) in [6.07, 6.45) is 2.31. The lowest BCUT2D eigenvalue weighted by Crippen LogP contribution is -2.37. The fraction of sp³-hybridized carbons (Fsp3) is 0.600. The highest BCUT2D eigenvalue weighted by Gasteiger charge is 2.29. The Labute approximate surface area is 109 Å². The Balaban J connectivity index is 2.12. The molecule has 0 aromatic heterocycles. The van der Waals surface area contributed by atoms with Crippen molar-refractivity contribution in [2.45, 2.75) is 45.3 Å². The highest BCUT2D eigenvalue weighted by molar-refractivity contribution is 5.42. The van der Waals surface area contributed by atoms with Crippen molar-refractivity contribution in [3.05, 3.63) is 23.8 Å². The third-order valence-electron chi connectivity index (χ3n) is 3.62. The van der Waals surface area contributed by atoms with Crippen LogP contribution in [0.2, 0.25) is 0 Å². The zero-order valence-electron chi connectivity index (χ0n) is 11.3. The standard InChI is InChI=1S/C15H22O3/c1-10-4-6-12(16)14(8-10)18-13-7-5-11(2)9-15(13)17-3/h5,7,9-10,12,14,16H,4,6,8H2,1-3H3. The topological polar surface area (TPSA) is 38.7 Å². The molecule has 18 heavy (non-hydrogen) atoms. The summed E-state index contributed by atoms with van der Waals surface area (Å²) in [7, 11) is 1.64. The van der Waals surface area contributed by atoms with Crippen molar-refractivity contribution in [1.82, 2.24) is 0 Å². The molecule has 1 N–H and O–H groups in total. The van der Waals surface area contributed by atoms with E-state index in [4.69, 9.17) is 9.47 Å². The Morgan fingerprint density at radius 2 is 2.00 bits per heavy atom. The maximum absolute atomic E-state index is 10.0. The molecule has 0 spiro atoms. The molecular formula is C15H22O3. The predicted molar refractivity (Wildman–Crippen MR) is 71.2 cm³/mol. The first kappa shape index (κ1) is 13.2. The molecule has 1 aliphatic carbocycles. The van der Waals surface area contributed by atoms with Gasteiger partial charge in [-0.05, 0) is 49.8 Å². The molecule has 1 aromatic carbocycles. The Morgan fingerprint density at radius 1 is 1.22 bits per heavy atom. The van der Waals surface area contributed by atoms with E-state index in [1.54, 1.807) is 7.11 Å². The Morgan fingerprint density at radius 3 is 2.72 bits per heavy atom. The summed E-state index contributed by atoms with van der Waals surface area (Å²) >= 11 is 0. The van der Waals surface area contributed by atoms with Crippen LogP contribution in [0.1, 0.15) is 31.7 Å². The lowest BCUT2D eigenvalue weighted by Gasteiger charge is -2.32. The Hall–Kier alpha value is -1.22. The zero-order chi connectivity index (χ0) is 13.1. The van der Waals surface area contributed by atoms with Crippen molar-refractivity contribution >= 4 is 0 Å². The van der Waals surface area contributed by atoms with Crippen LogP contribution in [0.5, 0.6) is 11.5 Å². The number of aryl methyl sites for hydroxylation is 1. The van der Waals surface area contributed by atoms with Crippen molar-refractivity contribution < 1.29 is 14.6 Å². The lowest BCUT2D eigenvalue weighted by atomic mass is 9.86. The molecule has 0 amide bonds. The van der Waals surface area contributed by atoms with E-state index in [-0.39, 0.29) is 12.2 Å². The summed E-state index contributed by atoms with van der Waals surface area (Å²) in [5.41, 5.74) is 1.14. The molecule has 0 bridgehead atoms. The highest BCUT2D eigenvalue weighted by atomic mass is 16.5. The number of rotatable bonds is 3. The van der Waals surface area contributed by atoms with E-state index in [1.807, 2.05) is 25.1 Å². The summed E-state index contributed by atoms with van der Waals surface area (Å²) < 4.78 is 11.3. The molecule has 1 aromatic rings. The van der Waals surface area contributed by atoms with E-state index < -0.39 is 0 Å². The molecule has 1 aliphatic rings. The van der Waals surface area contributed by atoms with E-state index in [1.165, 1.54) is 0 Å². The third kappa shape index (κ3) is 2.96. The molecule has 0 heterocycles. The number of methoxy groups -OCH3 is 1. The van der Waals surface area contributed by atoms with Crippen LogP contribution in [0.25, 0.3) is 0 Å². The third-order valence-corrected chi connectivity index (χ3v) is 3.62. The van der Waals surface area contributed by atoms with Gasteiger partial charge in [-0.15, -0.1) is 0 Å².